The summed E-state index contributed by atoms with van der Waals surface area (Å²) < 4.78 is 3.72. The number of hydrogen-bond donors (Lipinski definition) is 2. The number of nitrogens with one attached hydrogen (secondary N) is 1. The Morgan fingerprint density at radius 3 is 3.18 bits per heavy atom. The Morgan fingerprint density at radius 2 is 2.55 bits per heavy atom. The molecule has 1 rings (SSSR count). The van der Waals surface area contributed by atoms with Gasteiger partial charge in [-0.25, -0.2) is 0 Å². The summed E-state index contributed by atoms with van der Waals surface area (Å²) in [6.07, 6.45) is 0.789. The van der Waals surface area contributed by atoms with Gasteiger partial charge < -0.3 is 10.4 Å². The molecule has 0 saturated carbocycles. The second-order valence-electron chi connectivity index (χ2n) is 2.15. The van der Waals surface area contributed by atoms with Gasteiger partial charge in [-0.3, -0.25) is 0 Å². The first kappa shape index (κ1) is 8.58. The van der Waals surface area contributed by atoms with Crippen LogP contribution in [0.2, 0.25) is 0 Å². The van der Waals surface area contributed by atoms with Crippen molar-refractivity contribution in [1.29, 1.82) is 0 Å². The summed E-state index contributed by atoms with van der Waals surface area (Å²) in [4.78, 5) is 0. The van der Waals surface area contributed by atoms with E-state index in [-0.39, 0.29) is 6.61 Å². The van der Waals surface area contributed by atoms with Crippen LogP contribution in [0.5, 0.6) is 0 Å². The molecule has 0 radical (unpaired) electrons. The molecule has 5 heteroatoms. The van der Waals surface area contributed by atoms with Gasteiger partial charge >= 0.3 is 0 Å². The molecule has 11 heavy (non-hydrogen) atoms. The molecule has 1 aromatic rings. The third kappa shape index (κ3) is 3.41. The van der Waals surface area contributed by atoms with E-state index in [9.17, 15) is 0 Å². The summed E-state index contributed by atoms with van der Waals surface area (Å²) in [5, 5.41) is 17.4. The van der Waals surface area contributed by atoms with E-state index in [0.717, 1.165) is 25.2 Å². The van der Waals surface area contributed by atoms with Gasteiger partial charge in [0.25, 0.3) is 0 Å². The second-order valence-corrected chi connectivity index (χ2v) is 2.76. The fourth-order valence-electron chi connectivity index (χ4n) is 0.682. The summed E-state index contributed by atoms with van der Waals surface area (Å²) in [7, 11) is 0. The summed E-state index contributed by atoms with van der Waals surface area (Å²) in [5.74, 6) is 0. The number of aliphatic hydroxyl groups excluding tert-OH is 1. The van der Waals surface area contributed by atoms with Crippen molar-refractivity contribution in [2.24, 2.45) is 0 Å². The zero-order valence-electron chi connectivity index (χ0n) is 6.16. The van der Waals surface area contributed by atoms with Gasteiger partial charge in [0.1, 0.15) is 0 Å². The van der Waals surface area contributed by atoms with Crippen molar-refractivity contribution in [2.75, 3.05) is 13.2 Å². The van der Waals surface area contributed by atoms with Crippen LogP contribution in [0.1, 0.15) is 12.1 Å². The summed E-state index contributed by atoms with van der Waals surface area (Å²) in [6.45, 7) is 1.81. The van der Waals surface area contributed by atoms with Crippen molar-refractivity contribution in [2.45, 2.75) is 13.0 Å². The number of nitrogens with zero attached hydrogens (tertiary/aromatic N) is 2. The van der Waals surface area contributed by atoms with Crippen LogP contribution < -0.4 is 5.32 Å². The highest BCUT2D eigenvalue weighted by atomic mass is 32.1. The molecule has 0 aromatic carbocycles. The predicted molar refractivity (Wildman–Crippen MR) is 43.3 cm³/mol. The minimum absolute atomic E-state index is 0.238. The molecule has 1 heterocycles. The van der Waals surface area contributed by atoms with Crippen molar-refractivity contribution >= 4 is 11.5 Å². The second kappa shape index (κ2) is 5.17. The summed E-state index contributed by atoms with van der Waals surface area (Å²) >= 11 is 1.35. The predicted octanol–water partition coefficient (Wildman–Crippen LogP) is 0.0101. The number of rotatable bonds is 5. The van der Waals surface area contributed by atoms with E-state index in [4.69, 9.17) is 5.11 Å². The van der Waals surface area contributed by atoms with Crippen molar-refractivity contribution in [3.63, 3.8) is 0 Å². The van der Waals surface area contributed by atoms with Crippen LogP contribution in [0.15, 0.2) is 5.38 Å². The zero-order chi connectivity index (χ0) is 7.94. The van der Waals surface area contributed by atoms with Crippen molar-refractivity contribution in [3.05, 3.63) is 11.1 Å². The number of hydrogen-bond acceptors (Lipinski definition) is 5. The molecule has 0 unspecified atom stereocenters. The molecule has 0 amide bonds. The smallest absolute Gasteiger partial charge is 0.0893 e. The van der Waals surface area contributed by atoms with E-state index in [1.807, 2.05) is 5.38 Å². The van der Waals surface area contributed by atoms with Crippen LogP contribution in [0, 0.1) is 0 Å². The van der Waals surface area contributed by atoms with Crippen LogP contribution in [0.4, 0.5) is 0 Å². The molecule has 0 fully saturated rings. The lowest BCUT2D eigenvalue weighted by Gasteiger charge is -1.98. The Kier molecular flexibility index (Phi) is 4.03. The molecule has 62 valence electrons. The quantitative estimate of drug-likeness (QED) is 0.616. The summed E-state index contributed by atoms with van der Waals surface area (Å²) in [6, 6.07) is 0. The highest BCUT2D eigenvalue weighted by molar-refractivity contribution is 7.03. The SMILES string of the molecule is OCCCNCc1csnn1. The molecule has 0 spiro atoms. The van der Waals surface area contributed by atoms with Crippen LogP contribution >= 0.6 is 11.5 Å². The molecule has 0 aliphatic rings. The van der Waals surface area contributed by atoms with Crippen LogP contribution in [0.3, 0.4) is 0 Å². The monoisotopic (exact) mass is 173 g/mol. The largest absolute Gasteiger partial charge is 0.396 e. The minimum Gasteiger partial charge on any atom is -0.396 e. The lowest BCUT2D eigenvalue weighted by Crippen LogP contribution is -2.15. The maximum Gasteiger partial charge on any atom is 0.0893 e. The molecule has 2 N–H and O–H groups in total. The van der Waals surface area contributed by atoms with Crippen LogP contribution in [0.25, 0.3) is 0 Å². The standard InChI is InChI=1S/C6H11N3OS/c10-3-1-2-7-4-6-5-11-9-8-6/h5,7,10H,1-4H2. The van der Waals surface area contributed by atoms with Gasteiger partial charge in [-0.05, 0) is 24.5 Å². The topological polar surface area (TPSA) is 58.0 Å². The Labute approximate surface area is 69.4 Å². The Bertz CT molecular complexity index is 178. The van der Waals surface area contributed by atoms with Gasteiger partial charge in [0.2, 0.25) is 0 Å². The van der Waals surface area contributed by atoms with Gasteiger partial charge in [0.05, 0.1) is 5.69 Å². The lowest BCUT2D eigenvalue weighted by atomic mass is 10.4. The van der Waals surface area contributed by atoms with E-state index in [1.165, 1.54) is 11.5 Å². The van der Waals surface area contributed by atoms with E-state index in [0.29, 0.717) is 0 Å². The fourth-order valence-corrected chi connectivity index (χ4v) is 1.13. The fraction of sp³-hybridized carbons (Fsp3) is 0.667. The maximum absolute atomic E-state index is 8.46. The minimum atomic E-state index is 0.238. The highest BCUT2D eigenvalue weighted by Crippen LogP contribution is 1.95. The average Bonchev–Trinajstić information content (AvgIpc) is 2.50. The van der Waals surface area contributed by atoms with E-state index < -0.39 is 0 Å². The summed E-state index contributed by atoms with van der Waals surface area (Å²) in [5.41, 5.74) is 0.966. The van der Waals surface area contributed by atoms with Gasteiger partial charge in [0, 0.05) is 18.5 Å². The van der Waals surface area contributed by atoms with Crippen molar-refractivity contribution in [1.82, 2.24) is 14.9 Å². The molecule has 0 aliphatic heterocycles. The van der Waals surface area contributed by atoms with Gasteiger partial charge in [0.15, 0.2) is 0 Å². The maximum atomic E-state index is 8.46. The van der Waals surface area contributed by atoms with E-state index in [1.54, 1.807) is 0 Å². The third-order valence-electron chi connectivity index (χ3n) is 1.22. The number of aliphatic hydroxyl groups is 1. The molecule has 0 atom stereocenters. The lowest BCUT2D eigenvalue weighted by molar-refractivity contribution is 0.286. The molecular formula is C6H11N3OS. The van der Waals surface area contributed by atoms with Crippen LogP contribution in [-0.2, 0) is 6.54 Å². The van der Waals surface area contributed by atoms with Gasteiger partial charge in [-0.2, -0.15) is 0 Å². The Balaban J connectivity index is 2.04. The van der Waals surface area contributed by atoms with Crippen molar-refractivity contribution < 1.29 is 5.11 Å². The molecule has 0 saturated heterocycles. The van der Waals surface area contributed by atoms with E-state index >= 15 is 0 Å². The van der Waals surface area contributed by atoms with Crippen molar-refractivity contribution in [3.8, 4) is 0 Å². The van der Waals surface area contributed by atoms with Gasteiger partial charge in [-0.15, -0.1) is 5.10 Å². The molecular weight excluding hydrogens is 162 g/mol. The average molecular weight is 173 g/mol. The van der Waals surface area contributed by atoms with E-state index in [2.05, 4.69) is 14.9 Å². The Morgan fingerprint density at radius 1 is 1.64 bits per heavy atom. The molecule has 4 nitrogen and oxygen atoms in total. The van der Waals surface area contributed by atoms with Gasteiger partial charge in [-0.1, -0.05) is 4.49 Å². The normalized spacial score (nSPS) is 10.3. The molecule has 0 aliphatic carbocycles. The Hall–Kier alpha value is -0.520. The molecule has 0 bridgehead atoms. The zero-order valence-corrected chi connectivity index (χ0v) is 6.97. The molecule has 1 aromatic heterocycles. The first-order valence-electron chi connectivity index (χ1n) is 3.51. The third-order valence-corrected chi connectivity index (χ3v) is 1.78. The highest BCUT2D eigenvalue weighted by Gasteiger charge is 1.93. The first-order valence-corrected chi connectivity index (χ1v) is 4.34. The van der Waals surface area contributed by atoms with Crippen LogP contribution in [-0.4, -0.2) is 27.8 Å². The first-order chi connectivity index (χ1) is 5.43. The number of aromatic nitrogens is 2.